The van der Waals surface area contributed by atoms with Gasteiger partial charge < -0.3 is 9.64 Å². The van der Waals surface area contributed by atoms with E-state index in [2.05, 4.69) is 6.07 Å². The molecule has 1 aliphatic heterocycles. The van der Waals surface area contributed by atoms with Crippen LogP contribution in [0.15, 0.2) is 18.2 Å². The highest BCUT2D eigenvalue weighted by Gasteiger charge is 2.42. The highest BCUT2D eigenvalue weighted by molar-refractivity contribution is 6.07. The first-order valence-corrected chi connectivity index (χ1v) is 5.39. The average Bonchev–Trinajstić information content (AvgIpc) is 2.42. The molecule has 0 aliphatic carbocycles. The highest BCUT2D eigenvalue weighted by atomic mass is 16.5. The Labute approximate surface area is 96.0 Å². The van der Waals surface area contributed by atoms with Crippen LogP contribution >= 0.6 is 0 Å². The molecule has 2 rings (SSSR count). The van der Waals surface area contributed by atoms with Crippen LogP contribution in [0, 0.1) is 0 Å². The first-order valence-electron chi connectivity index (χ1n) is 5.39. The molecule has 0 atom stereocenters. The summed E-state index contributed by atoms with van der Waals surface area (Å²) in [5, 5.41) is 0. The largest absolute Gasteiger partial charge is 0.380 e. The minimum Gasteiger partial charge on any atom is -0.380 e. The summed E-state index contributed by atoms with van der Waals surface area (Å²) in [6, 6.07) is 6.07. The number of carbonyl (C=O) groups excluding carboxylic acids is 1. The van der Waals surface area contributed by atoms with Crippen molar-refractivity contribution in [1.82, 2.24) is 0 Å². The summed E-state index contributed by atoms with van der Waals surface area (Å²) in [4.78, 5) is 13.8. The molecule has 0 unspecified atom stereocenters. The third-order valence-corrected chi connectivity index (χ3v) is 3.25. The lowest BCUT2D eigenvalue weighted by Crippen LogP contribution is -2.33. The van der Waals surface area contributed by atoms with Crippen LogP contribution in [-0.2, 0) is 21.6 Å². The summed E-state index contributed by atoms with van der Waals surface area (Å²) in [6.45, 7) is 4.52. The van der Waals surface area contributed by atoms with Crippen molar-refractivity contribution in [3.05, 3.63) is 29.3 Å². The van der Waals surface area contributed by atoms with E-state index in [1.54, 1.807) is 12.0 Å². The lowest BCUT2D eigenvalue weighted by molar-refractivity contribution is -0.121. The molecule has 0 fully saturated rings. The number of fused-ring (bicyclic) bond motifs is 1. The molecule has 1 aromatic carbocycles. The first kappa shape index (κ1) is 11.1. The van der Waals surface area contributed by atoms with E-state index >= 15 is 0 Å². The van der Waals surface area contributed by atoms with Gasteiger partial charge in [-0.3, -0.25) is 4.79 Å². The summed E-state index contributed by atoms with van der Waals surface area (Å²) in [6.07, 6.45) is 0. The number of hydrogen-bond acceptors (Lipinski definition) is 2. The number of nitrogens with zero attached hydrogens (tertiary/aromatic N) is 1. The molecular formula is C13H17NO2. The number of likely N-dealkylation sites (N-methyl/N-ethyl adjacent to an activating group) is 1. The second-order valence-electron chi connectivity index (χ2n) is 4.77. The van der Waals surface area contributed by atoms with Crippen molar-refractivity contribution in [3.8, 4) is 0 Å². The van der Waals surface area contributed by atoms with Crippen molar-refractivity contribution in [2.24, 2.45) is 0 Å². The molecule has 16 heavy (non-hydrogen) atoms. The van der Waals surface area contributed by atoms with Crippen LogP contribution in [0.5, 0.6) is 0 Å². The van der Waals surface area contributed by atoms with Crippen LogP contribution in [0.25, 0.3) is 0 Å². The number of hydrogen-bond donors (Lipinski definition) is 0. The van der Waals surface area contributed by atoms with E-state index in [4.69, 9.17) is 4.74 Å². The first-order chi connectivity index (χ1) is 7.48. The van der Waals surface area contributed by atoms with E-state index in [0.29, 0.717) is 6.61 Å². The Hall–Kier alpha value is -1.35. The quantitative estimate of drug-likeness (QED) is 0.762. The van der Waals surface area contributed by atoms with Crippen molar-refractivity contribution >= 4 is 11.6 Å². The van der Waals surface area contributed by atoms with Crippen molar-refractivity contribution < 1.29 is 9.53 Å². The molecule has 86 valence electrons. The highest BCUT2D eigenvalue weighted by Crippen LogP contribution is 2.41. The van der Waals surface area contributed by atoms with E-state index in [-0.39, 0.29) is 5.91 Å². The Morgan fingerprint density at radius 2 is 2.06 bits per heavy atom. The minimum atomic E-state index is -0.423. The van der Waals surface area contributed by atoms with Crippen LogP contribution in [0.3, 0.4) is 0 Å². The molecule has 1 aliphatic rings. The number of carbonyl (C=O) groups is 1. The van der Waals surface area contributed by atoms with Gasteiger partial charge in [0.25, 0.3) is 0 Å². The van der Waals surface area contributed by atoms with E-state index in [9.17, 15) is 4.79 Å². The topological polar surface area (TPSA) is 29.5 Å². The molecule has 0 radical (unpaired) electrons. The number of benzene rings is 1. The van der Waals surface area contributed by atoms with Gasteiger partial charge in [0.15, 0.2) is 0 Å². The summed E-state index contributed by atoms with van der Waals surface area (Å²) in [5.41, 5.74) is 2.79. The number of rotatable bonds is 2. The van der Waals surface area contributed by atoms with Crippen LogP contribution in [0.2, 0.25) is 0 Å². The normalized spacial score (nSPS) is 17.8. The van der Waals surface area contributed by atoms with E-state index in [0.717, 1.165) is 16.8 Å². The van der Waals surface area contributed by atoms with Crippen LogP contribution in [0.4, 0.5) is 5.69 Å². The Morgan fingerprint density at radius 3 is 2.69 bits per heavy atom. The molecule has 0 N–H and O–H groups in total. The third-order valence-electron chi connectivity index (χ3n) is 3.25. The zero-order chi connectivity index (χ0) is 11.9. The summed E-state index contributed by atoms with van der Waals surface area (Å²) >= 11 is 0. The van der Waals surface area contributed by atoms with Gasteiger partial charge in [-0.2, -0.15) is 0 Å². The smallest absolute Gasteiger partial charge is 0.236 e. The number of methoxy groups -OCH3 is 1. The number of ether oxygens (including phenoxy) is 1. The Kier molecular flexibility index (Phi) is 2.50. The molecule has 3 heteroatoms. The zero-order valence-corrected chi connectivity index (χ0v) is 10.2. The average molecular weight is 219 g/mol. The fraction of sp³-hybridized carbons (Fsp3) is 0.462. The molecular weight excluding hydrogens is 202 g/mol. The Morgan fingerprint density at radius 1 is 1.38 bits per heavy atom. The second kappa shape index (κ2) is 3.59. The fourth-order valence-corrected chi connectivity index (χ4v) is 2.28. The maximum atomic E-state index is 12.0. The molecule has 1 aromatic rings. The summed E-state index contributed by atoms with van der Waals surface area (Å²) < 4.78 is 5.11. The molecule has 0 saturated carbocycles. The van der Waals surface area contributed by atoms with Gasteiger partial charge in [-0.25, -0.2) is 0 Å². The van der Waals surface area contributed by atoms with Gasteiger partial charge >= 0.3 is 0 Å². The Bertz CT molecular complexity index is 438. The lowest BCUT2D eigenvalue weighted by Gasteiger charge is -2.16. The van der Waals surface area contributed by atoms with Gasteiger partial charge in [0.2, 0.25) is 5.91 Å². The van der Waals surface area contributed by atoms with Gasteiger partial charge in [0.05, 0.1) is 12.0 Å². The molecule has 0 bridgehead atoms. The lowest BCUT2D eigenvalue weighted by atomic mass is 9.85. The maximum Gasteiger partial charge on any atom is 0.236 e. The zero-order valence-electron chi connectivity index (χ0n) is 10.2. The standard InChI is InChI=1S/C13H17NO2/c1-13(2)10-7-9(8-16-4)5-6-11(10)14(3)12(13)15/h5-7H,8H2,1-4H3. The number of amides is 1. The van der Waals surface area contributed by atoms with Crippen LogP contribution < -0.4 is 4.90 Å². The fourth-order valence-electron chi connectivity index (χ4n) is 2.28. The summed E-state index contributed by atoms with van der Waals surface area (Å²) in [5.74, 6) is 0.150. The molecule has 0 saturated heterocycles. The van der Waals surface area contributed by atoms with Gasteiger partial charge in [-0.1, -0.05) is 12.1 Å². The van der Waals surface area contributed by atoms with E-state index < -0.39 is 5.41 Å². The van der Waals surface area contributed by atoms with Crippen molar-refractivity contribution in [2.75, 3.05) is 19.1 Å². The minimum absolute atomic E-state index is 0.150. The van der Waals surface area contributed by atoms with Crippen LogP contribution in [-0.4, -0.2) is 20.1 Å². The number of anilines is 1. The summed E-state index contributed by atoms with van der Waals surface area (Å²) in [7, 11) is 3.50. The van der Waals surface area contributed by atoms with Crippen molar-refractivity contribution in [3.63, 3.8) is 0 Å². The molecule has 0 aromatic heterocycles. The third kappa shape index (κ3) is 1.43. The molecule has 1 heterocycles. The SMILES string of the molecule is COCc1ccc2c(c1)C(C)(C)C(=O)N2C. The predicted octanol–water partition coefficient (Wildman–Crippen LogP) is 2.09. The van der Waals surface area contributed by atoms with E-state index in [1.165, 1.54) is 0 Å². The van der Waals surface area contributed by atoms with Gasteiger partial charge in [0.1, 0.15) is 0 Å². The second-order valence-corrected chi connectivity index (χ2v) is 4.77. The molecule has 3 nitrogen and oxygen atoms in total. The van der Waals surface area contributed by atoms with Crippen LogP contribution in [0.1, 0.15) is 25.0 Å². The monoisotopic (exact) mass is 219 g/mol. The molecule has 0 spiro atoms. The van der Waals surface area contributed by atoms with Crippen molar-refractivity contribution in [2.45, 2.75) is 25.9 Å². The van der Waals surface area contributed by atoms with Crippen molar-refractivity contribution in [1.29, 1.82) is 0 Å². The maximum absolute atomic E-state index is 12.0. The predicted molar refractivity (Wildman–Crippen MR) is 63.6 cm³/mol. The van der Waals surface area contributed by atoms with Gasteiger partial charge in [0, 0.05) is 19.8 Å². The van der Waals surface area contributed by atoms with Gasteiger partial charge in [-0.05, 0) is 31.0 Å². The van der Waals surface area contributed by atoms with Gasteiger partial charge in [-0.15, -0.1) is 0 Å². The van der Waals surface area contributed by atoms with E-state index in [1.807, 2.05) is 33.0 Å². The molecule has 1 amide bonds. The Balaban J connectivity index is 2.52.